The summed E-state index contributed by atoms with van der Waals surface area (Å²) in [6, 6.07) is 6.91. The van der Waals surface area contributed by atoms with Gasteiger partial charge in [0.2, 0.25) is 5.91 Å². The number of thiazole rings is 1. The minimum Gasteiger partial charge on any atom is -0.326 e. The van der Waals surface area contributed by atoms with Crippen LogP contribution in [0.4, 0.5) is 10.8 Å². The number of benzene rings is 1. The first-order chi connectivity index (χ1) is 11.6. The molecule has 0 atom stereocenters. The van der Waals surface area contributed by atoms with Crippen molar-refractivity contribution in [2.45, 2.75) is 39.5 Å². The Morgan fingerprint density at radius 1 is 1.08 bits per heavy atom. The second-order valence-electron chi connectivity index (χ2n) is 5.63. The molecule has 0 fully saturated rings. The minimum absolute atomic E-state index is 0.0490. The lowest BCUT2D eigenvalue weighted by atomic mass is 9.97. The van der Waals surface area contributed by atoms with Gasteiger partial charge in [0.05, 0.1) is 0 Å². The van der Waals surface area contributed by atoms with E-state index in [0.717, 1.165) is 25.7 Å². The third kappa shape index (κ3) is 5.16. The first-order valence-electron chi connectivity index (χ1n) is 8.25. The first kappa shape index (κ1) is 18.1. The summed E-state index contributed by atoms with van der Waals surface area (Å²) in [5, 5.41) is 8.05. The van der Waals surface area contributed by atoms with E-state index in [2.05, 4.69) is 29.5 Å². The normalized spacial score (nSPS) is 10.6. The molecule has 0 saturated carbocycles. The van der Waals surface area contributed by atoms with Gasteiger partial charge in [-0.2, -0.15) is 0 Å². The second-order valence-corrected chi connectivity index (χ2v) is 6.53. The van der Waals surface area contributed by atoms with Crippen LogP contribution in [0.2, 0.25) is 0 Å². The number of rotatable bonds is 8. The summed E-state index contributed by atoms with van der Waals surface area (Å²) < 4.78 is 0. The number of nitrogens with one attached hydrogen (secondary N) is 2. The molecule has 0 unspecified atom stereocenters. The number of anilines is 2. The van der Waals surface area contributed by atoms with Crippen LogP contribution in [0, 0.1) is 5.92 Å². The van der Waals surface area contributed by atoms with Crippen molar-refractivity contribution in [1.82, 2.24) is 4.98 Å². The van der Waals surface area contributed by atoms with E-state index in [1.54, 1.807) is 35.8 Å². The maximum absolute atomic E-state index is 12.3. The number of carbonyl (C=O) groups excluding carboxylic acids is 2. The lowest BCUT2D eigenvalue weighted by molar-refractivity contribution is -0.120. The number of nitrogens with zero attached hydrogens (tertiary/aromatic N) is 1. The Balaban J connectivity index is 1.95. The largest absolute Gasteiger partial charge is 0.326 e. The molecule has 24 heavy (non-hydrogen) atoms. The fraction of sp³-hybridized carbons (Fsp3) is 0.389. The van der Waals surface area contributed by atoms with Gasteiger partial charge < -0.3 is 5.32 Å². The summed E-state index contributed by atoms with van der Waals surface area (Å²) in [5.41, 5.74) is 1.24. The summed E-state index contributed by atoms with van der Waals surface area (Å²) in [7, 11) is 0. The molecule has 0 aliphatic rings. The third-order valence-electron chi connectivity index (χ3n) is 3.71. The zero-order chi connectivity index (χ0) is 17.4. The van der Waals surface area contributed by atoms with E-state index >= 15 is 0 Å². The summed E-state index contributed by atoms with van der Waals surface area (Å²) >= 11 is 1.37. The molecule has 0 aliphatic heterocycles. The van der Waals surface area contributed by atoms with E-state index in [9.17, 15) is 9.59 Å². The van der Waals surface area contributed by atoms with Crippen molar-refractivity contribution >= 4 is 34.0 Å². The van der Waals surface area contributed by atoms with Crippen molar-refractivity contribution in [2.75, 3.05) is 10.6 Å². The van der Waals surface area contributed by atoms with Gasteiger partial charge in [0.1, 0.15) is 0 Å². The highest BCUT2D eigenvalue weighted by Gasteiger charge is 2.16. The van der Waals surface area contributed by atoms with Crippen molar-refractivity contribution in [3.63, 3.8) is 0 Å². The molecule has 6 heteroatoms. The van der Waals surface area contributed by atoms with Crippen molar-refractivity contribution in [2.24, 2.45) is 5.92 Å². The highest BCUT2D eigenvalue weighted by Crippen LogP contribution is 2.18. The molecule has 2 amide bonds. The molecule has 0 radical (unpaired) electrons. The molecule has 0 bridgehead atoms. The summed E-state index contributed by atoms with van der Waals surface area (Å²) in [4.78, 5) is 28.4. The number of amides is 2. The molecule has 2 rings (SSSR count). The summed E-state index contributed by atoms with van der Waals surface area (Å²) in [6.07, 6.45) is 5.42. The number of aromatic nitrogens is 1. The lowest BCUT2D eigenvalue weighted by Crippen LogP contribution is -2.22. The number of carbonyl (C=O) groups is 2. The highest BCUT2D eigenvalue weighted by molar-refractivity contribution is 7.13. The molecule has 128 valence electrons. The first-order valence-corrected chi connectivity index (χ1v) is 9.13. The average Bonchev–Trinajstić information content (AvgIpc) is 3.08. The van der Waals surface area contributed by atoms with Gasteiger partial charge >= 0.3 is 0 Å². The average molecular weight is 345 g/mol. The van der Waals surface area contributed by atoms with Gasteiger partial charge in [0, 0.05) is 28.7 Å². The van der Waals surface area contributed by atoms with Crippen molar-refractivity contribution in [3.05, 3.63) is 41.4 Å². The quantitative estimate of drug-likeness (QED) is 0.737. The van der Waals surface area contributed by atoms with Crippen LogP contribution in [0.1, 0.15) is 49.9 Å². The van der Waals surface area contributed by atoms with Gasteiger partial charge in [-0.1, -0.05) is 26.7 Å². The van der Waals surface area contributed by atoms with Crippen LogP contribution in [-0.2, 0) is 4.79 Å². The maximum Gasteiger partial charge on any atom is 0.257 e. The van der Waals surface area contributed by atoms with E-state index in [4.69, 9.17) is 0 Å². The Kier molecular flexibility index (Phi) is 6.93. The highest BCUT2D eigenvalue weighted by atomic mass is 32.1. The van der Waals surface area contributed by atoms with Gasteiger partial charge in [0.15, 0.2) is 5.13 Å². The smallest absolute Gasteiger partial charge is 0.257 e. The molecule has 0 aliphatic carbocycles. The zero-order valence-corrected chi connectivity index (χ0v) is 14.9. The molecular formula is C18H23N3O2S. The van der Waals surface area contributed by atoms with Gasteiger partial charge in [-0.15, -0.1) is 11.3 Å². The van der Waals surface area contributed by atoms with Crippen LogP contribution in [-0.4, -0.2) is 16.8 Å². The Labute approximate surface area is 146 Å². The monoisotopic (exact) mass is 345 g/mol. The predicted octanol–water partition coefficient (Wildman–Crippen LogP) is 4.55. The maximum atomic E-state index is 12.3. The Morgan fingerprint density at radius 3 is 2.29 bits per heavy atom. The molecule has 1 aromatic heterocycles. The van der Waals surface area contributed by atoms with E-state index in [-0.39, 0.29) is 17.7 Å². The predicted molar refractivity (Wildman–Crippen MR) is 98.4 cm³/mol. The van der Waals surface area contributed by atoms with Gasteiger partial charge in [-0.05, 0) is 37.1 Å². The van der Waals surface area contributed by atoms with E-state index in [1.807, 2.05) is 0 Å². The topological polar surface area (TPSA) is 71.1 Å². The number of hydrogen-bond donors (Lipinski definition) is 2. The molecule has 5 nitrogen and oxygen atoms in total. The van der Waals surface area contributed by atoms with Gasteiger partial charge in [-0.3, -0.25) is 14.9 Å². The Hall–Kier alpha value is -2.21. The van der Waals surface area contributed by atoms with Gasteiger partial charge in [-0.25, -0.2) is 4.98 Å². The minimum atomic E-state index is -0.210. The van der Waals surface area contributed by atoms with E-state index in [0.29, 0.717) is 16.4 Å². The van der Waals surface area contributed by atoms with Crippen molar-refractivity contribution < 1.29 is 9.59 Å². The molecule has 2 aromatic rings. The van der Waals surface area contributed by atoms with Crippen LogP contribution >= 0.6 is 11.3 Å². The van der Waals surface area contributed by atoms with E-state index in [1.165, 1.54) is 11.3 Å². The molecular weight excluding hydrogens is 322 g/mol. The van der Waals surface area contributed by atoms with E-state index < -0.39 is 0 Å². The molecule has 0 spiro atoms. The SMILES string of the molecule is CCCC(CCC)C(=O)Nc1ccc(C(=O)Nc2nccs2)cc1. The van der Waals surface area contributed by atoms with Crippen LogP contribution in [0.3, 0.4) is 0 Å². The van der Waals surface area contributed by atoms with Crippen LogP contribution < -0.4 is 10.6 Å². The van der Waals surface area contributed by atoms with Crippen molar-refractivity contribution in [3.8, 4) is 0 Å². The lowest BCUT2D eigenvalue weighted by Gasteiger charge is -2.15. The summed E-state index contributed by atoms with van der Waals surface area (Å²) in [5.74, 6) is -0.107. The number of hydrogen-bond acceptors (Lipinski definition) is 4. The summed E-state index contributed by atoms with van der Waals surface area (Å²) in [6.45, 7) is 4.18. The Bertz CT molecular complexity index is 647. The standard InChI is InChI=1S/C18H23N3O2S/c1-3-5-13(6-4-2)16(22)20-15-9-7-14(8-10-15)17(23)21-18-19-11-12-24-18/h7-13H,3-6H2,1-2H3,(H,20,22)(H,19,21,23). The molecule has 1 heterocycles. The third-order valence-corrected chi connectivity index (χ3v) is 4.40. The molecule has 1 aromatic carbocycles. The van der Waals surface area contributed by atoms with Crippen LogP contribution in [0.25, 0.3) is 0 Å². The zero-order valence-electron chi connectivity index (χ0n) is 14.0. The second kappa shape index (κ2) is 9.17. The molecule has 2 N–H and O–H groups in total. The van der Waals surface area contributed by atoms with Crippen molar-refractivity contribution in [1.29, 1.82) is 0 Å². The fourth-order valence-electron chi connectivity index (χ4n) is 2.51. The Morgan fingerprint density at radius 2 is 1.75 bits per heavy atom. The van der Waals surface area contributed by atoms with Crippen LogP contribution in [0.15, 0.2) is 35.8 Å². The fourth-order valence-corrected chi connectivity index (χ4v) is 3.03. The van der Waals surface area contributed by atoms with Crippen LogP contribution in [0.5, 0.6) is 0 Å². The van der Waals surface area contributed by atoms with Gasteiger partial charge in [0.25, 0.3) is 5.91 Å². The molecule has 0 saturated heterocycles.